The van der Waals surface area contributed by atoms with Crippen molar-refractivity contribution in [3.8, 4) is 0 Å². The van der Waals surface area contributed by atoms with Gasteiger partial charge in [-0.3, -0.25) is 9.36 Å². The molecular formula is C23H19BrN2O3S. The molecule has 0 N–H and O–H groups in total. The highest BCUT2D eigenvalue weighted by molar-refractivity contribution is 9.10. The smallest absolute Gasteiger partial charge is 0.336 e. The van der Waals surface area contributed by atoms with E-state index in [9.17, 15) is 9.59 Å². The first-order valence-electron chi connectivity index (χ1n) is 9.96. The Kier molecular flexibility index (Phi) is 5.25. The minimum Gasteiger partial charge on any atom is -0.423 e. The summed E-state index contributed by atoms with van der Waals surface area (Å²) in [6.45, 7) is 0. The zero-order valence-corrected chi connectivity index (χ0v) is 18.5. The van der Waals surface area contributed by atoms with E-state index in [1.165, 1.54) is 17.8 Å². The fourth-order valence-corrected chi connectivity index (χ4v) is 5.57. The van der Waals surface area contributed by atoms with Gasteiger partial charge in [0.1, 0.15) is 5.58 Å². The van der Waals surface area contributed by atoms with Crippen LogP contribution < -0.4 is 11.2 Å². The number of rotatable bonds is 4. The summed E-state index contributed by atoms with van der Waals surface area (Å²) in [5.74, 6) is 0.529. The Bertz CT molecular complexity index is 1370. The quantitative estimate of drug-likeness (QED) is 0.213. The van der Waals surface area contributed by atoms with Gasteiger partial charge in [0.05, 0.1) is 10.9 Å². The molecule has 7 heteroatoms. The molecule has 2 aromatic heterocycles. The molecule has 0 radical (unpaired) electrons. The monoisotopic (exact) mass is 482 g/mol. The number of aromatic nitrogens is 2. The van der Waals surface area contributed by atoms with Gasteiger partial charge in [0.15, 0.2) is 5.16 Å². The second-order valence-electron chi connectivity index (χ2n) is 7.54. The van der Waals surface area contributed by atoms with Crippen molar-refractivity contribution < 1.29 is 4.42 Å². The highest BCUT2D eigenvalue weighted by Crippen LogP contribution is 2.34. The number of thioether (sulfide) groups is 1. The topological polar surface area (TPSA) is 65.1 Å². The predicted octanol–water partition coefficient (Wildman–Crippen LogP) is 5.67. The van der Waals surface area contributed by atoms with Crippen LogP contribution in [-0.2, 0) is 5.75 Å². The molecule has 0 amide bonds. The van der Waals surface area contributed by atoms with Crippen LogP contribution >= 0.6 is 27.7 Å². The average Bonchev–Trinajstić information content (AvgIpc) is 3.26. The first-order valence-corrected chi connectivity index (χ1v) is 11.7. The van der Waals surface area contributed by atoms with Crippen LogP contribution in [-0.4, -0.2) is 9.55 Å². The summed E-state index contributed by atoms with van der Waals surface area (Å²) >= 11 is 4.92. The van der Waals surface area contributed by atoms with Crippen molar-refractivity contribution in [1.29, 1.82) is 0 Å². The molecule has 1 saturated carbocycles. The second-order valence-corrected chi connectivity index (χ2v) is 9.40. The molecule has 0 aliphatic heterocycles. The SMILES string of the molecule is O=c1cc(CSc2nc3ccccc3c(=O)n2C2CCCC2)c2ccc(Br)cc2o1. The van der Waals surface area contributed by atoms with E-state index < -0.39 is 0 Å². The number of para-hydroxylation sites is 1. The molecule has 5 nitrogen and oxygen atoms in total. The minimum absolute atomic E-state index is 0.0244. The molecule has 5 rings (SSSR count). The predicted molar refractivity (Wildman–Crippen MR) is 123 cm³/mol. The zero-order valence-electron chi connectivity index (χ0n) is 16.1. The van der Waals surface area contributed by atoms with Crippen LogP contribution in [0.4, 0.5) is 0 Å². The third-order valence-corrected chi connectivity index (χ3v) is 7.11. The maximum atomic E-state index is 13.3. The Labute approximate surface area is 185 Å². The van der Waals surface area contributed by atoms with Gasteiger partial charge < -0.3 is 4.42 Å². The summed E-state index contributed by atoms with van der Waals surface area (Å²) in [5, 5.41) is 2.26. The van der Waals surface area contributed by atoms with Gasteiger partial charge in [-0.15, -0.1) is 0 Å². The van der Waals surface area contributed by atoms with Gasteiger partial charge in [0.25, 0.3) is 5.56 Å². The lowest BCUT2D eigenvalue weighted by Gasteiger charge is -2.18. The summed E-state index contributed by atoms with van der Waals surface area (Å²) < 4.78 is 8.09. The van der Waals surface area contributed by atoms with E-state index in [0.717, 1.165) is 41.1 Å². The normalized spacial score (nSPS) is 14.7. The van der Waals surface area contributed by atoms with Crippen LogP contribution in [0.15, 0.2) is 72.2 Å². The standard InChI is InChI=1S/C23H19BrN2O3S/c24-15-9-10-17-14(11-21(27)29-20(17)12-15)13-30-23-25-19-8-4-3-7-18(19)22(28)26(23)16-5-1-2-6-16/h3-4,7-12,16H,1-2,5-6,13H2. The van der Waals surface area contributed by atoms with Crippen molar-refractivity contribution in [2.24, 2.45) is 0 Å². The molecule has 30 heavy (non-hydrogen) atoms. The van der Waals surface area contributed by atoms with Crippen molar-refractivity contribution >= 4 is 49.6 Å². The molecule has 1 aliphatic rings. The lowest BCUT2D eigenvalue weighted by Crippen LogP contribution is -2.26. The van der Waals surface area contributed by atoms with E-state index in [4.69, 9.17) is 9.40 Å². The van der Waals surface area contributed by atoms with E-state index in [0.29, 0.717) is 27.4 Å². The van der Waals surface area contributed by atoms with Gasteiger partial charge in [-0.2, -0.15) is 0 Å². The maximum absolute atomic E-state index is 13.3. The van der Waals surface area contributed by atoms with Crippen LogP contribution in [0.3, 0.4) is 0 Å². The third kappa shape index (κ3) is 3.61. The number of hydrogen-bond acceptors (Lipinski definition) is 5. The van der Waals surface area contributed by atoms with Gasteiger partial charge >= 0.3 is 5.63 Å². The maximum Gasteiger partial charge on any atom is 0.336 e. The minimum atomic E-state index is -0.379. The molecule has 0 unspecified atom stereocenters. The number of fused-ring (bicyclic) bond motifs is 2. The van der Waals surface area contributed by atoms with Gasteiger partial charge in [0, 0.05) is 27.7 Å². The molecule has 1 fully saturated rings. The Morgan fingerprint density at radius 1 is 1.07 bits per heavy atom. The molecule has 0 bridgehead atoms. The first kappa shape index (κ1) is 19.6. The second kappa shape index (κ2) is 8.04. The largest absolute Gasteiger partial charge is 0.423 e. The van der Waals surface area contributed by atoms with Crippen molar-refractivity contribution in [3.05, 3.63) is 79.3 Å². The van der Waals surface area contributed by atoms with Gasteiger partial charge in [-0.25, -0.2) is 9.78 Å². The Morgan fingerprint density at radius 2 is 1.87 bits per heavy atom. The van der Waals surface area contributed by atoms with Crippen LogP contribution in [0, 0.1) is 0 Å². The van der Waals surface area contributed by atoms with Crippen LogP contribution in [0.25, 0.3) is 21.9 Å². The fourth-order valence-electron chi connectivity index (χ4n) is 4.18. The summed E-state index contributed by atoms with van der Waals surface area (Å²) in [5.41, 5.74) is 1.78. The lowest BCUT2D eigenvalue weighted by molar-refractivity contribution is 0.457. The molecule has 152 valence electrons. The van der Waals surface area contributed by atoms with Crippen molar-refractivity contribution in [2.75, 3.05) is 0 Å². The van der Waals surface area contributed by atoms with Gasteiger partial charge in [0.2, 0.25) is 0 Å². The number of nitrogens with zero attached hydrogens (tertiary/aromatic N) is 2. The van der Waals surface area contributed by atoms with E-state index >= 15 is 0 Å². The molecular weight excluding hydrogens is 464 g/mol. The van der Waals surface area contributed by atoms with Gasteiger partial charge in [-0.05, 0) is 48.7 Å². The van der Waals surface area contributed by atoms with Crippen LogP contribution in [0.1, 0.15) is 37.3 Å². The number of halogens is 1. The summed E-state index contributed by atoms with van der Waals surface area (Å²) in [6.07, 6.45) is 4.26. The Balaban J connectivity index is 1.59. The van der Waals surface area contributed by atoms with Crippen molar-refractivity contribution in [2.45, 2.75) is 42.6 Å². The highest BCUT2D eigenvalue weighted by atomic mass is 79.9. The van der Waals surface area contributed by atoms with E-state index in [1.54, 1.807) is 6.07 Å². The molecule has 1 aliphatic carbocycles. The summed E-state index contributed by atoms with van der Waals surface area (Å²) in [4.78, 5) is 30.2. The Hall–Kier alpha value is -2.38. The molecule has 0 spiro atoms. The zero-order chi connectivity index (χ0) is 20.7. The number of benzene rings is 2. The molecule has 4 aromatic rings. The summed E-state index contributed by atoms with van der Waals surface area (Å²) in [7, 11) is 0. The van der Waals surface area contributed by atoms with E-state index in [2.05, 4.69) is 15.9 Å². The fraction of sp³-hybridized carbons (Fsp3) is 0.261. The molecule has 0 saturated heterocycles. The van der Waals surface area contributed by atoms with E-state index in [-0.39, 0.29) is 17.2 Å². The first-order chi connectivity index (χ1) is 14.6. The Morgan fingerprint density at radius 3 is 2.70 bits per heavy atom. The van der Waals surface area contributed by atoms with E-state index in [1.807, 2.05) is 41.0 Å². The third-order valence-electron chi connectivity index (χ3n) is 5.61. The van der Waals surface area contributed by atoms with Crippen molar-refractivity contribution in [3.63, 3.8) is 0 Å². The van der Waals surface area contributed by atoms with Crippen LogP contribution in [0.2, 0.25) is 0 Å². The molecule has 2 aromatic carbocycles. The molecule has 0 atom stereocenters. The number of hydrogen-bond donors (Lipinski definition) is 0. The highest BCUT2D eigenvalue weighted by Gasteiger charge is 2.23. The summed E-state index contributed by atoms with van der Waals surface area (Å²) in [6, 6.07) is 14.9. The average molecular weight is 483 g/mol. The molecule has 2 heterocycles. The van der Waals surface area contributed by atoms with Crippen molar-refractivity contribution in [1.82, 2.24) is 9.55 Å². The van der Waals surface area contributed by atoms with Crippen LogP contribution in [0.5, 0.6) is 0 Å². The van der Waals surface area contributed by atoms with Gasteiger partial charge in [-0.1, -0.05) is 52.7 Å². The lowest BCUT2D eigenvalue weighted by atomic mass is 10.1.